The lowest BCUT2D eigenvalue weighted by Crippen LogP contribution is -2.51. The van der Waals surface area contributed by atoms with Crippen molar-refractivity contribution < 1.29 is 22.1 Å². The second-order valence-electron chi connectivity index (χ2n) is 11.4. The SMILES string of the molecule is Cc1c(N2CCN(Cc3cccc([S+](C)[O-])c3)CC2)c(=O)n(C[C@@H](N)c2ccccc2)c(=O)n1Cc1c(F)cccc1C(F)(F)F. The van der Waals surface area contributed by atoms with Gasteiger partial charge in [0.15, 0.2) is 4.90 Å². The molecule has 1 aliphatic heterocycles. The van der Waals surface area contributed by atoms with E-state index in [9.17, 15) is 31.7 Å². The van der Waals surface area contributed by atoms with E-state index in [1.54, 1.807) is 36.6 Å². The normalized spacial score (nSPS) is 15.6. The number of piperazine rings is 1. The molecule has 13 heteroatoms. The molecule has 2 heterocycles. The van der Waals surface area contributed by atoms with Gasteiger partial charge in [-0.25, -0.2) is 9.18 Å². The molecule has 0 saturated carbocycles. The first kappa shape index (κ1) is 33.5. The first-order chi connectivity index (χ1) is 21.8. The Balaban J connectivity index is 1.51. The first-order valence-corrected chi connectivity index (χ1v) is 16.3. The highest BCUT2D eigenvalue weighted by Gasteiger charge is 2.35. The fourth-order valence-electron chi connectivity index (χ4n) is 5.85. The molecule has 46 heavy (non-hydrogen) atoms. The number of alkyl halides is 3. The van der Waals surface area contributed by atoms with E-state index in [-0.39, 0.29) is 17.9 Å². The molecule has 5 rings (SSSR count). The van der Waals surface area contributed by atoms with E-state index in [2.05, 4.69) is 4.90 Å². The van der Waals surface area contributed by atoms with Gasteiger partial charge >= 0.3 is 11.9 Å². The molecule has 1 fully saturated rings. The highest BCUT2D eigenvalue weighted by Crippen LogP contribution is 2.33. The average molecular weight is 658 g/mol. The third kappa shape index (κ3) is 7.22. The van der Waals surface area contributed by atoms with Gasteiger partial charge in [-0.1, -0.05) is 48.5 Å². The van der Waals surface area contributed by atoms with Gasteiger partial charge in [0, 0.05) is 50.0 Å². The first-order valence-electron chi connectivity index (χ1n) is 14.7. The van der Waals surface area contributed by atoms with Crippen LogP contribution in [0.1, 0.15) is 34.0 Å². The molecule has 8 nitrogen and oxygen atoms in total. The summed E-state index contributed by atoms with van der Waals surface area (Å²) in [6.07, 6.45) is -3.24. The largest absolute Gasteiger partial charge is 0.612 e. The summed E-state index contributed by atoms with van der Waals surface area (Å²) in [5.41, 5.74) is 5.00. The summed E-state index contributed by atoms with van der Waals surface area (Å²) in [6.45, 7) is 3.02. The van der Waals surface area contributed by atoms with Crippen molar-refractivity contribution in [3.8, 4) is 0 Å². The number of rotatable bonds is 9. The van der Waals surface area contributed by atoms with Gasteiger partial charge in [-0.2, -0.15) is 13.2 Å². The predicted octanol–water partition coefficient (Wildman–Crippen LogP) is 4.28. The van der Waals surface area contributed by atoms with Crippen LogP contribution < -0.4 is 21.9 Å². The van der Waals surface area contributed by atoms with Crippen LogP contribution in [-0.4, -0.2) is 51.0 Å². The Morgan fingerprint density at radius 2 is 1.59 bits per heavy atom. The number of anilines is 1. The van der Waals surface area contributed by atoms with Crippen LogP contribution in [0.15, 0.2) is 87.3 Å². The van der Waals surface area contributed by atoms with Crippen LogP contribution in [-0.2, 0) is 37.0 Å². The zero-order valence-electron chi connectivity index (χ0n) is 25.5. The zero-order valence-corrected chi connectivity index (χ0v) is 26.3. The van der Waals surface area contributed by atoms with Crippen LogP contribution in [0, 0.1) is 12.7 Å². The number of nitrogens with zero attached hydrogens (tertiary/aromatic N) is 4. The Bertz CT molecular complexity index is 1800. The van der Waals surface area contributed by atoms with E-state index < -0.39 is 58.1 Å². The molecule has 244 valence electrons. The second kappa shape index (κ2) is 13.8. The minimum Gasteiger partial charge on any atom is -0.612 e. The van der Waals surface area contributed by atoms with Gasteiger partial charge in [0.25, 0.3) is 5.56 Å². The zero-order chi connectivity index (χ0) is 33.2. The molecule has 1 unspecified atom stereocenters. The van der Waals surface area contributed by atoms with Crippen molar-refractivity contribution in [1.82, 2.24) is 14.0 Å². The molecule has 0 spiro atoms. The summed E-state index contributed by atoms with van der Waals surface area (Å²) < 4.78 is 70.6. The van der Waals surface area contributed by atoms with Crippen molar-refractivity contribution in [2.75, 3.05) is 37.3 Å². The van der Waals surface area contributed by atoms with Crippen molar-refractivity contribution >= 4 is 16.9 Å². The highest BCUT2D eigenvalue weighted by atomic mass is 32.2. The summed E-state index contributed by atoms with van der Waals surface area (Å²) >= 11 is -1.11. The number of aromatic nitrogens is 2. The Morgan fingerprint density at radius 1 is 0.913 bits per heavy atom. The van der Waals surface area contributed by atoms with Crippen LogP contribution in [0.5, 0.6) is 0 Å². The molecular formula is C33H35F4N5O3S. The van der Waals surface area contributed by atoms with E-state index in [0.29, 0.717) is 38.3 Å². The third-order valence-corrected chi connectivity index (χ3v) is 9.25. The summed E-state index contributed by atoms with van der Waals surface area (Å²) in [4.78, 5) is 32.6. The smallest absolute Gasteiger partial charge is 0.416 e. The van der Waals surface area contributed by atoms with Gasteiger partial charge in [-0.15, -0.1) is 0 Å². The average Bonchev–Trinajstić information content (AvgIpc) is 3.02. The topological polar surface area (TPSA) is 99.6 Å². The van der Waals surface area contributed by atoms with Crippen molar-refractivity contribution in [3.63, 3.8) is 0 Å². The number of nitrogens with two attached hydrogens (primary N) is 1. The lowest BCUT2D eigenvalue weighted by atomic mass is 10.1. The van der Waals surface area contributed by atoms with Crippen LogP contribution in [0.25, 0.3) is 0 Å². The molecule has 1 aromatic heterocycles. The third-order valence-electron chi connectivity index (χ3n) is 8.33. The van der Waals surface area contributed by atoms with Crippen LogP contribution >= 0.6 is 0 Å². The summed E-state index contributed by atoms with van der Waals surface area (Å²) in [6, 6.07) is 18.3. The molecule has 0 radical (unpaired) electrons. The summed E-state index contributed by atoms with van der Waals surface area (Å²) in [5.74, 6) is -1.11. The Hall–Kier alpha value is -3.91. The summed E-state index contributed by atoms with van der Waals surface area (Å²) in [7, 11) is 0. The van der Waals surface area contributed by atoms with Gasteiger partial charge in [0.1, 0.15) is 17.8 Å². The maximum Gasteiger partial charge on any atom is 0.416 e. The van der Waals surface area contributed by atoms with Crippen LogP contribution in [0.3, 0.4) is 0 Å². The molecule has 2 N–H and O–H groups in total. The number of hydrogen-bond acceptors (Lipinski definition) is 6. The fourth-order valence-corrected chi connectivity index (χ4v) is 6.44. The monoisotopic (exact) mass is 657 g/mol. The minimum atomic E-state index is -4.86. The molecule has 3 aromatic carbocycles. The highest BCUT2D eigenvalue weighted by molar-refractivity contribution is 7.90. The quantitative estimate of drug-likeness (QED) is 0.213. The number of benzene rings is 3. The van der Waals surface area contributed by atoms with Crippen molar-refractivity contribution in [3.05, 3.63) is 127 Å². The Kier molecular flexibility index (Phi) is 10.1. The molecule has 0 amide bonds. The molecule has 0 bridgehead atoms. The fraction of sp³-hybridized carbons (Fsp3) is 0.333. The van der Waals surface area contributed by atoms with E-state index in [4.69, 9.17) is 5.73 Å². The van der Waals surface area contributed by atoms with Gasteiger partial charge in [0.2, 0.25) is 0 Å². The van der Waals surface area contributed by atoms with Crippen molar-refractivity contribution in [2.45, 2.75) is 43.7 Å². The van der Waals surface area contributed by atoms with Crippen molar-refractivity contribution in [2.24, 2.45) is 5.73 Å². The standard InChI is InChI=1S/C33H35F4N5O3S/c1-22-30(40-16-14-39(15-17-40)19-23-8-6-11-25(18-23)46(2)45)31(43)42(21-29(38)24-9-4-3-5-10-24)32(44)41(22)20-26-27(33(35,36)37)12-7-13-28(26)34/h3-13,18,29H,14-17,19-21,38H2,1-2H3/t29-,46?/m1/s1. The lowest BCUT2D eigenvalue weighted by molar-refractivity contribution is -0.138. The second-order valence-corrected chi connectivity index (χ2v) is 12.7. The minimum absolute atomic E-state index is 0.141. The molecule has 0 aliphatic carbocycles. The molecule has 1 saturated heterocycles. The van der Waals surface area contributed by atoms with E-state index in [0.717, 1.165) is 37.8 Å². The Morgan fingerprint density at radius 3 is 2.24 bits per heavy atom. The van der Waals surface area contributed by atoms with Crippen LogP contribution in [0.2, 0.25) is 0 Å². The van der Waals surface area contributed by atoms with Gasteiger partial charge < -0.3 is 15.2 Å². The molecule has 1 aliphatic rings. The number of hydrogen-bond donors (Lipinski definition) is 1. The molecule has 4 aromatic rings. The van der Waals surface area contributed by atoms with E-state index in [1.807, 2.05) is 29.2 Å². The van der Waals surface area contributed by atoms with E-state index >= 15 is 0 Å². The molecule has 2 atom stereocenters. The molecular weight excluding hydrogens is 622 g/mol. The van der Waals surface area contributed by atoms with Gasteiger partial charge in [-0.3, -0.25) is 18.8 Å². The van der Waals surface area contributed by atoms with E-state index in [1.165, 1.54) is 6.92 Å². The van der Waals surface area contributed by atoms with Crippen molar-refractivity contribution in [1.29, 1.82) is 0 Å². The van der Waals surface area contributed by atoms with Crippen LogP contribution in [0.4, 0.5) is 23.2 Å². The predicted molar refractivity (Wildman–Crippen MR) is 170 cm³/mol. The maximum absolute atomic E-state index is 15.0. The Labute approximate surface area is 266 Å². The summed E-state index contributed by atoms with van der Waals surface area (Å²) in [5, 5.41) is 0. The number of halogens is 4. The lowest BCUT2D eigenvalue weighted by Gasteiger charge is -2.37. The maximum atomic E-state index is 15.0. The van der Waals surface area contributed by atoms with Gasteiger partial charge in [0.05, 0.1) is 18.7 Å². The van der Waals surface area contributed by atoms with Gasteiger partial charge in [-0.05, 0) is 53.5 Å².